The maximum Gasteiger partial charge on any atom is 0.490 e. The number of rotatable bonds is 5. The molecule has 0 heterocycles. The Morgan fingerprint density at radius 2 is 1.32 bits per heavy atom. The summed E-state index contributed by atoms with van der Waals surface area (Å²) in [7, 11) is 0. The van der Waals surface area contributed by atoms with Gasteiger partial charge >= 0.3 is 30.3 Å². The zero-order valence-corrected chi connectivity index (χ0v) is 11.1. The lowest BCUT2D eigenvalue weighted by atomic mass is 10.3. The second-order valence-electron chi connectivity index (χ2n) is 3.97. The fourth-order valence-corrected chi connectivity index (χ4v) is 0.888. The third-order valence-electron chi connectivity index (χ3n) is 1.69. The predicted octanol–water partition coefficient (Wildman–Crippen LogP) is 1.52. The van der Waals surface area contributed by atoms with E-state index < -0.39 is 49.1 Å². The van der Waals surface area contributed by atoms with E-state index in [-0.39, 0.29) is 0 Å². The van der Waals surface area contributed by atoms with Crippen LogP contribution in [0.25, 0.3) is 0 Å². The summed E-state index contributed by atoms with van der Waals surface area (Å²) in [6.07, 6.45) is -14.3. The van der Waals surface area contributed by atoms with Gasteiger partial charge in [0.15, 0.2) is 0 Å². The first-order valence-electron chi connectivity index (χ1n) is 5.47. The van der Waals surface area contributed by atoms with Crippen molar-refractivity contribution >= 4 is 17.9 Å². The topological polar surface area (TPSA) is 78.9 Å². The lowest BCUT2D eigenvalue weighted by molar-refractivity contribution is -0.217. The third kappa shape index (κ3) is 7.13. The quantitative estimate of drug-likeness (QED) is 0.429. The van der Waals surface area contributed by atoms with E-state index in [1.165, 1.54) is 13.8 Å². The summed E-state index contributed by atoms with van der Waals surface area (Å²) in [6, 6.07) is 0. The Kier molecular flexibility index (Phi) is 6.64. The Hall–Kier alpha value is -2.01. The molecule has 0 bridgehead atoms. The molecule has 0 spiro atoms. The van der Waals surface area contributed by atoms with Crippen molar-refractivity contribution in [2.75, 3.05) is 6.61 Å². The van der Waals surface area contributed by atoms with Crippen LogP contribution in [0.4, 0.5) is 26.3 Å². The number of carbonyl (C=O) groups is 3. The number of alkyl halides is 6. The Morgan fingerprint density at radius 1 is 0.864 bits per heavy atom. The number of esters is 3. The van der Waals surface area contributed by atoms with E-state index in [0.717, 1.165) is 0 Å². The van der Waals surface area contributed by atoms with E-state index in [0.29, 0.717) is 0 Å². The second-order valence-corrected chi connectivity index (χ2v) is 3.97. The fourth-order valence-electron chi connectivity index (χ4n) is 0.888. The van der Waals surface area contributed by atoms with E-state index >= 15 is 0 Å². The van der Waals surface area contributed by atoms with Crippen molar-refractivity contribution in [1.29, 1.82) is 0 Å². The monoisotopic (exact) mass is 340 g/mol. The van der Waals surface area contributed by atoms with E-state index in [2.05, 4.69) is 14.2 Å². The molecule has 6 nitrogen and oxygen atoms in total. The molecule has 0 amide bonds. The molecule has 0 aliphatic rings. The van der Waals surface area contributed by atoms with Gasteiger partial charge in [-0.15, -0.1) is 0 Å². The minimum absolute atomic E-state index is 0.863. The van der Waals surface area contributed by atoms with Gasteiger partial charge in [-0.05, 0) is 13.8 Å². The average Bonchev–Trinajstić information content (AvgIpc) is 2.29. The molecule has 22 heavy (non-hydrogen) atoms. The Balaban J connectivity index is 4.91. The van der Waals surface area contributed by atoms with Crippen molar-refractivity contribution in [3.8, 4) is 0 Å². The maximum absolute atomic E-state index is 12.0. The molecule has 0 saturated carbocycles. The van der Waals surface area contributed by atoms with Crippen molar-refractivity contribution in [3.63, 3.8) is 0 Å². The first-order valence-corrected chi connectivity index (χ1v) is 5.47. The van der Waals surface area contributed by atoms with Gasteiger partial charge in [0.2, 0.25) is 6.10 Å². The summed E-state index contributed by atoms with van der Waals surface area (Å²) >= 11 is 0. The fraction of sp³-hybridized carbons (Fsp3) is 0.700. The highest BCUT2D eigenvalue weighted by atomic mass is 19.4. The molecule has 1 unspecified atom stereocenters. The molecule has 0 aromatic carbocycles. The number of hydrogen-bond donors (Lipinski definition) is 0. The highest BCUT2D eigenvalue weighted by Gasteiger charge is 2.45. The standard InChI is InChI=1S/C10H10F6O6/c1-4(2)21-6(17)5(22-8(19)10(14,15)16)3-20-7(18)9(11,12)13/h4-5H,3H2,1-2H3. The van der Waals surface area contributed by atoms with Crippen LogP contribution in [0.2, 0.25) is 0 Å². The molecule has 0 aromatic rings. The third-order valence-corrected chi connectivity index (χ3v) is 1.69. The lowest BCUT2D eigenvalue weighted by Crippen LogP contribution is -2.40. The van der Waals surface area contributed by atoms with Gasteiger partial charge in [0.05, 0.1) is 6.10 Å². The van der Waals surface area contributed by atoms with Crippen LogP contribution in [0.3, 0.4) is 0 Å². The van der Waals surface area contributed by atoms with Crippen molar-refractivity contribution in [2.24, 2.45) is 0 Å². The van der Waals surface area contributed by atoms with E-state index in [9.17, 15) is 40.7 Å². The second kappa shape index (κ2) is 7.31. The summed E-state index contributed by atoms with van der Waals surface area (Å²) in [5, 5.41) is 0. The van der Waals surface area contributed by atoms with Crippen LogP contribution >= 0.6 is 0 Å². The Morgan fingerprint density at radius 3 is 1.68 bits per heavy atom. The highest BCUT2D eigenvalue weighted by molar-refractivity contribution is 5.82. The van der Waals surface area contributed by atoms with Crippen LogP contribution < -0.4 is 0 Å². The molecule has 0 rings (SSSR count). The van der Waals surface area contributed by atoms with Gasteiger partial charge in [-0.2, -0.15) is 26.3 Å². The summed E-state index contributed by atoms with van der Waals surface area (Å²) < 4.78 is 83.3. The van der Waals surface area contributed by atoms with Gasteiger partial charge in [0.1, 0.15) is 6.61 Å². The minimum Gasteiger partial charge on any atom is -0.460 e. The highest BCUT2D eigenvalue weighted by Crippen LogP contribution is 2.20. The van der Waals surface area contributed by atoms with Crippen molar-refractivity contribution in [2.45, 2.75) is 38.4 Å². The zero-order chi connectivity index (χ0) is 17.7. The van der Waals surface area contributed by atoms with Crippen LogP contribution in [0.5, 0.6) is 0 Å². The molecule has 0 aliphatic heterocycles. The summed E-state index contributed by atoms with van der Waals surface area (Å²) in [5.74, 6) is -7.21. The maximum atomic E-state index is 12.0. The molecule has 0 fully saturated rings. The Labute approximate surface area is 119 Å². The van der Waals surface area contributed by atoms with Gasteiger partial charge in [-0.3, -0.25) is 0 Å². The zero-order valence-electron chi connectivity index (χ0n) is 11.1. The smallest absolute Gasteiger partial charge is 0.460 e. The van der Waals surface area contributed by atoms with E-state index in [4.69, 9.17) is 0 Å². The number of carbonyl (C=O) groups excluding carboxylic acids is 3. The van der Waals surface area contributed by atoms with Gasteiger partial charge < -0.3 is 14.2 Å². The molecule has 12 heteroatoms. The van der Waals surface area contributed by atoms with Gasteiger partial charge in [0, 0.05) is 0 Å². The van der Waals surface area contributed by atoms with Crippen molar-refractivity contribution in [3.05, 3.63) is 0 Å². The van der Waals surface area contributed by atoms with Crippen LogP contribution in [-0.2, 0) is 28.6 Å². The number of halogens is 6. The van der Waals surface area contributed by atoms with Crippen molar-refractivity contribution in [1.82, 2.24) is 0 Å². The molecular weight excluding hydrogens is 330 g/mol. The SMILES string of the molecule is CC(C)OC(=O)C(COC(=O)C(F)(F)F)OC(=O)C(F)(F)F. The van der Waals surface area contributed by atoms with Crippen LogP contribution in [0.1, 0.15) is 13.8 Å². The summed E-state index contributed by atoms with van der Waals surface area (Å²) in [5.41, 5.74) is 0. The molecule has 0 aromatic heterocycles. The average molecular weight is 340 g/mol. The Bertz CT molecular complexity index is 427. The van der Waals surface area contributed by atoms with Crippen LogP contribution in [0.15, 0.2) is 0 Å². The molecule has 0 N–H and O–H groups in total. The molecular formula is C10H10F6O6. The molecule has 0 saturated heterocycles. The molecule has 0 radical (unpaired) electrons. The largest absolute Gasteiger partial charge is 0.490 e. The van der Waals surface area contributed by atoms with Crippen LogP contribution in [-0.4, -0.2) is 49.1 Å². The van der Waals surface area contributed by atoms with E-state index in [1.54, 1.807) is 0 Å². The van der Waals surface area contributed by atoms with E-state index in [1.807, 2.05) is 0 Å². The normalized spacial score (nSPS) is 13.5. The molecule has 128 valence electrons. The first kappa shape index (κ1) is 20.0. The number of ether oxygens (including phenoxy) is 3. The number of hydrogen-bond acceptors (Lipinski definition) is 6. The van der Waals surface area contributed by atoms with Crippen LogP contribution in [0, 0.1) is 0 Å². The van der Waals surface area contributed by atoms with Crippen molar-refractivity contribution < 1.29 is 54.9 Å². The van der Waals surface area contributed by atoms with Gasteiger partial charge in [0.25, 0.3) is 0 Å². The summed E-state index contributed by atoms with van der Waals surface area (Å²) in [4.78, 5) is 32.4. The van der Waals surface area contributed by atoms with Gasteiger partial charge in [-0.1, -0.05) is 0 Å². The lowest BCUT2D eigenvalue weighted by Gasteiger charge is -2.19. The predicted molar refractivity (Wildman–Crippen MR) is 54.2 cm³/mol. The molecule has 0 aliphatic carbocycles. The summed E-state index contributed by atoms with van der Waals surface area (Å²) in [6.45, 7) is 0.982. The minimum atomic E-state index is -5.50. The van der Waals surface area contributed by atoms with Gasteiger partial charge in [-0.25, -0.2) is 14.4 Å². The molecule has 1 atom stereocenters. The first-order chi connectivity index (χ1) is 9.75.